The maximum Gasteiger partial charge on any atom is 0.251 e. The molecular weight excluding hydrogens is 254 g/mol. The van der Waals surface area contributed by atoms with E-state index in [1.165, 1.54) is 24.0 Å². The number of rotatable bonds is 3. The Hall–Kier alpha value is -1.61. The Morgan fingerprint density at radius 1 is 1.05 bits per heavy atom. The summed E-state index contributed by atoms with van der Waals surface area (Å²) in [6.45, 7) is 0. The summed E-state index contributed by atoms with van der Waals surface area (Å²) >= 11 is 1.69. The van der Waals surface area contributed by atoms with Gasteiger partial charge in [-0.3, -0.25) is 4.79 Å². The molecular formula is C16H17NOS. The molecule has 0 saturated heterocycles. The second kappa shape index (κ2) is 5.57. The van der Waals surface area contributed by atoms with Gasteiger partial charge in [-0.25, -0.2) is 0 Å². The molecule has 1 aliphatic rings. The fourth-order valence-electron chi connectivity index (χ4n) is 2.58. The molecule has 3 heteroatoms. The van der Waals surface area contributed by atoms with E-state index in [1.807, 2.05) is 24.3 Å². The van der Waals surface area contributed by atoms with Crippen LogP contribution >= 0.6 is 11.3 Å². The molecule has 1 saturated carbocycles. The third kappa shape index (κ3) is 2.87. The standard InChI is InChI=1S/C16H17NOS/c18-16(17-15-3-1-2-4-15)13-7-5-12(6-8-13)14-9-10-19-11-14/h5-11,15H,1-4H2,(H,17,18). The highest BCUT2D eigenvalue weighted by molar-refractivity contribution is 7.08. The van der Waals surface area contributed by atoms with Gasteiger partial charge in [-0.15, -0.1) is 0 Å². The van der Waals surface area contributed by atoms with Gasteiger partial charge in [0.15, 0.2) is 0 Å². The topological polar surface area (TPSA) is 29.1 Å². The fraction of sp³-hybridized carbons (Fsp3) is 0.312. The van der Waals surface area contributed by atoms with E-state index in [2.05, 4.69) is 22.1 Å². The predicted octanol–water partition coefficient (Wildman–Crippen LogP) is 4.09. The number of hydrogen-bond acceptors (Lipinski definition) is 2. The van der Waals surface area contributed by atoms with Crippen molar-refractivity contribution in [2.45, 2.75) is 31.7 Å². The third-order valence-corrected chi connectivity index (χ3v) is 4.38. The van der Waals surface area contributed by atoms with Crippen molar-refractivity contribution in [3.8, 4) is 11.1 Å². The second-order valence-corrected chi connectivity index (χ2v) is 5.82. The molecule has 1 N–H and O–H groups in total. The number of benzene rings is 1. The van der Waals surface area contributed by atoms with Gasteiger partial charge in [0, 0.05) is 11.6 Å². The largest absolute Gasteiger partial charge is 0.349 e. The fourth-order valence-corrected chi connectivity index (χ4v) is 3.25. The first kappa shape index (κ1) is 12.4. The van der Waals surface area contributed by atoms with Crippen molar-refractivity contribution >= 4 is 17.2 Å². The molecule has 2 aromatic rings. The van der Waals surface area contributed by atoms with E-state index in [4.69, 9.17) is 0 Å². The molecule has 3 rings (SSSR count). The highest BCUT2D eigenvalue weighted by atomic mass is 32.1. The summed E-state index contributed by atoms with van der Waals surface area (Å²) < 4.78 is 0. The van der Waals surface area contributed by atoms with Crippen LogP contribution in [0.1, 0.15) is 36.0 Å². The Bertz CT molecular complexity index is 539. The Balaban J connectivity index is 1.69. The lowest BCUT2D eigenvalue weighted by Gasteiger charge is -2.12. The zero-order valence-corrected chi connectivity index (χ0v) is 11.6. The molecule has 1 fully saturated rings. The molecule has 0 bridgehead atoms. The van der Waals surface area contributed by atoms with Gasteiger partial charge >= 0.3 is 0 Å². The van der Waals surface area contributed by atoms with Crippen LogP contribution in [-0.4, -0.2) is 11.9 Å². The number of carbonyl (C=O) groups excluding carboxylic acids is 1. The van der Waals surface area contributed by atoms with Gasteiger partial charge in [-0.1, -0.05) is 25.0 Å². The molecule has 19 heavy (non-hydrogen) atoms. The number of nitrogens with one attached hydrogen (secondary N) is 1. The second-order valence-electron chi connectivity index (χ2n) is 5.04. The minimum absolute atomic E-state index is 0.0590. The highest BCUT2D eigenvalue weighted by Crippen LogP contribution is 2.23. The molecule has 1 aromatic heterocycles. The van der Waals surface area contributed by atoms with Crippen LogP contribution < -0.4 is 5.32 Å². The van der Waals surface area contributed by atoms with Gasteiger partial charge in [0.05, 0.1) is 0 Å². The molecule has 1 heterocycles. The summed E-state index contributed by atoms with van der Waals surface area (Å²) in [7, 11) is 0. The van der Waals surface area contributed by atoms with Crippen molar-refractivity contribution in [3.05, 3.63) is 46.7 Å². The zero-order chi connectivity index (χ0) is 13.1. The van der Waals surface area contributed by atoms with E-state index in [9.17, 15) is 4.79 Å². The van der Waals surface area contributed by atoms with E-state index < -0.39 is 0 Å². The Morgan fingerprint density at radius 2 is 1.79 bits per heavy atom. The van der Waals surface area contributed by atoms with Crippen molar-refractivity contribution in [1.82, 2.24) is 5.32 Å². The molecule has 98 valence electrons. The summed E-state index contributed by atoms with van der Waals surface area (Å²) in [6.07, 6.45) is 4.72. The van der Waals surface area contributed by atoms with Crippen LogP contribution in [0.4, 0.5) is 0 Å². The van der Waals surface area contributed by atoms with Crippen LogP contribution in [-0.2, 0) is 0 Å². The number of hydrogen-bond donors (Lipinski definition) is 1. The Kier molecular flexibility index (Phi) is 3.65. The summed E-state index contributed by atoms with van der Waals surface area (Å²) in [5.41, 5.74) is 3.14. The van der Waals surface area contributed by atoms with Crippen LogP contribution in [0.2, 0.25) is 0 Å². The Morgan fingerprint density at radius 3 is 2.42 bits per heavy atom. The maximum atomic E-state index is 12.1. The van der Waals surface area contributed by atoms with Crippen LogP contribution in [0, 0.1) is 0 Å². The normalized spacial score (nSPS) is 15.6. The number of amides is 1. The summed E-state index contributed by atoms with van der Waals surface area (Å²) in [6, 6.07) is 10.3. The summed E-state index contributed by atoms with van der Waals surface area (Å²) in [5.74, 6) is 0.0590. The van der Waals surface area contributed by atoms with Crippen molar-refractivity contribution < 1.29 is 4.79 Å². The average molecular weight is 271 g/mol. The predicted molar refractivity (Wildman–Crippen MR) is 79.5 cm³/mol. The molecule has 0 aliphatic heterocycles. The van der Waals surface area contributed by atoms with Gasteiger partial charge in [0.25, 0.3) is 5.91 Å². The molecule has 0 radical (unpaired) electrons. The molecule has 2 nitrogen and oxygen atoms in total. The van der Waals surface area contributed by atoms with E-state index >= 15 is 0 Å². The molecule has 1 amide bonds. The first-order valence-electron chi connectivity index (χ1n) is 6.76. The van der Waals surface area contributed by atoms with Crippen LogP contribution in [0.5, 0.6) is 0 Å². The van der Waals surface area contributed by atoms with E-state index in [0.717, 1.165) is 18.4 Å². The maximum absolute atomic E-state index is 12.1. The van der Waals surface area contributed by atoms with Gasteiger partial charge in [0.2, 0.25) is 0 Å². The summed E-state index contributed by atoms with van der Waals surface area (Å²) in [4.78, 5) is 12.1. The van der Waals surface area contributed by atoms with Crippen LogP contribution in [0.3, 0.4) is 0 Å². The average Bonchev–Trinajstić information content (AvgIpc) is 3.12. The first-order valence-corrected chi connectivity index (χ1v) is 7.71. The van der Waals surface area contributed by atoms with Gasteiger partial charge in [0.1, 0.15) is 0 Å². The van der Waals surface area contributed by atoms with E-state index in [-0.39, 0.29) is 5.91 Å². The van der Waals surface area contributed by atoms with Crippen molar-refractivity contribution in [2.75, 3.05) is 0 Å². The van der Waals surface area contributed by atoms with Crippen molar-refractivity contribution in [3.63, 3.8) is 0 Å². The zero-order valence-electron chi connectivity index (χ0n) is 10.8. The smallest absolute Gasteiger partial charge is 0.251 e. The quantitative estimate of drug-likeness (QED) is 0.895. The lowest BCUT2D eigenvalue weighted by atomic mass is 10.1. The number of thiophene rings is 1. The lowest BCUT2D eigenvalue weighted by molar-refractivity contribution is 0.0938. The highest BCUT2D eigenvalue weighted by Gasteiger charge is 2.17. The van der Waals surface area contributed by atoms with Gasteiger partial charge < -0.3 is 5.32 Å². The van der Waals surface area contributed by atoms with Gasteiger partial charge in [-0.2, -0.15) is 11.3 Å². The molecule has 0 atom stereocenters. The van der Waals surface area contributed by atoms with Crippen LogP contribution in [0.25, 0.3) is 11.1 Å². The van der Waals surface area contributed by atoms with Crippen LogP contribution in [0.15, 0.2) is 41.1 Å². The van der Waals surface area contributed by atoms with Gasteiger partial charge in [-0.05, 0) is 52.9 Å². The number of carbonyl (C=O) groups is 1. The minimum atomic E-state index is 0.0590. The van der Waals surface area contributed by atoms with Crippen molar-refractivity contribution in [2.24, 2.45) is 0 Å². The van der Waals surface area contributed by atoms with E-state index in [1.54, 1.807) is 11.3 Å². The molecule has 0 spiro atoms. The first-order chi connectivity index (χ1) is 9.33. The van der Waals surface area contributed by atoms with E-state index in [0.29, 0.717) is 6.04 Å². The lowest BCUT2D eigenvalue weighted by Crippen LogP contribution is -2.32. The Labute approximate surface area is 117 Å². The molecule has 1 aromatic carbocycles. The SMILES string of the molecule is O=C(NC1CCCC1)c1ccc(-c2ccsc2)cc1. The minimum Gasteiger partial charge on any atom is -0.349 e. The van der Waals surface area contributed by atoms with Crippen molar-refractivity contribution in [1.29, 1.82) is 0 Å². The third-order valence-electron chi connectivity index (χ3n) is 3.69. The molecule has 1 aliphatic carbocycles. The monoisotopic (exact) mass is 271 g/mol. The molecule has 0 unspecified atom stereocenters. The summed E-state index contributed by atoms with van der Waals surface area (Å²) in [5, 5.41) is 7.30.